The van der Waals surface area contributed by atoms with Gasteiger partial charge in [-0.25, -0.2) is 4.79 Å². The molecule has 0 radical (unpaired) electrons. The zero-order valence-corrected chi connectivity index (χ0v) is 14.5. The predicted molar refractivity (Wildman–Crippen MR) is 89.9 cm³/mol. The highest BCUT2D eigenvalue weighted by Crippen LogP contribution is 2.37. The van der Waals surface area contributed by atoms with E-state index in [9.17, 15) is 19.8 Å². The molecule has 132 valence electrons. The second-order valence-corrected chi connectivity index (χ2v) is 6.66. The number of carbonyl (C=O) groups is 2. The summed E-state index contributed by atoms with van der Waals surface area (Å²) >= 11 is 0. The maximum Gasteiger partial charge on any atom is 0.326 e. The Kier molecular flexibility index (Phi) is 8.31. The Bertz CT molecular complexity index is 421. The first kappa shape index (κ1) is 19.7. The number of carbonyl (C=O) groups excluding carboxylic acids is 1. The van der Waals surface area contributed by atoms with Crippen LogP contribution in [0.15, 0.2) is 12.2 Å². The van der Waals surface area contributed by atoms with Gasteiger partial charge in [-0.2, -0.15) is 0 Å². The predicted octanol–water partition coefficient (Wildman–Crippen LogP) is 2.74. The fourth-order valence-corrected chi connectivity index (χ4v) is 3.30. The molecule has 1 rings (SSSR count). The maximum atomic E-state index is 12.2. The molecule has 23 heavy (non-hydrogen) atoms. The first-order chi connectivity index (χ1) is 10.9. The summed E-state index contributed by atoms with van der Waals surface area (Å²) in [6.45, 7) is 5.81. The van der Waals surface area contributed by atoms with Gasteiger partial charge in [0, 0.05) is 6.42 Å². The first-order valence-corrected chi connectivity index (χ1v) is 8.75. The summed E-state index contributed by atoms with van der Waals surface area (Å²) in [5.41, 5.74) is 0. The molecular formula is C18H31NO4. The van der Waals surface area contributed by atoms with E-state index in [2.05, 4.69) is 24.4 Å². The number of aliphatic carboxylic acids is 1. The fraction of sp³-hybridized carbons (Fsp3) is 0.778. The molecule has 0 aliphatic heterocycles. The molecule has 0 aromatic rings. The molecule has 5 heteroatoms. The van der Waals surface area contributed by atoms with Crippen LogP contribution in [0.4, 0.5) is 0 Å². The van der Waals surface area contributed by atoms with Crippen LogP contribution in [0.3, 0.4) is 0 Å². The lowest BCUT2D eigenvalue weighted by molar-refractivity contribution is -0.143. The summed E-state index contributed by atoms with van der Waals surface area (Å²) < 4.78 is 0. The van der Waals surface area contributed by atoms with E-state index < -0.39 is 12.0 Å². The number of aliphatic hydroxyl groups is 1. The molecule has 1 aliphatic carbocycles. The molecule has 0 saturated heterocycles. The molecule has 1 saturated carbocycles. The molecule has 1 aliphatic rings. The topological polar surface area (TPSA) is 86.6 Å². The van der Waals surface area contributed by atoms with Crippen molar-refractivity contribution in [3.8, 4) is 0 Å². The Morgan fingerprint density at radius 1 is 1.26 bits per heavy atom. The largest absolute Gasteiger partial charge is 0.480 e. The zero-order valence-electron chi connectivity index (χ0n) is 14.5. The van der Waals surface area contributed by atoms with Crippen LogP contribution in [-0.2, 0) is 9.59 Å². The average molecular weight is 325 g/mol. The van der Waals surface area contributed by atoms with Gasteiger partial charge in [-0.05, 0) is 43.4 Å². The highest BCUT2D eigenvalue weighted by Gasteiger charge is 2.36. The molecule has 0 bridgehead atoms. The third-order valence-electron chi connectivity index (χ3n) is 4.99. The lowest BCUT2D eigenvalue weighted by Crippen LogP contribution is -2.45. The average Bonchev–Trinajstić information content (AvgIpc) is 2.84. The van der Waals surface area contributed by atoms with Crippen LogP contribution in [0.2, 0.25) is 0 Å². The minimum atomic E-state index is -0.985. The maximum absolute atomic E-state index is 12.2. The van der Waals surface area contributed by atoms with Crippen molar-refractivity contribution >= 4 is 11.9 Å². The van der Waals surface area contributed by atoms with Gasteiger partial charge in [0.2, 0.25) is 5.91 Å². The van der Waals surface area contributed by atoms with Crippen molar-refractivity contribution in [2.75, 3.05) is 0 Å². The van der Waals surface area contributed by atoms with E-state index in [1.54, 1.807) is 0 Å². The van der Waals surface area contributed by atoms with Crippen molar-refractivity contribution in [1.29, 1.82) is 0 Å². The highest BCUT2D eigenvalue weighted by atomic mass is 16.4. The van der Waals surface area contributed by atoms with E-state index in [4.69, 9.17) is 0 Å². The minimum absolute atomic E-state index is 0.0930. The molecule has 0 unspecified atom stereocenters. The van der Waals surface area contributed by atoms with Crippen LogP contribution in [0.5, 0.6) is 0 Å². The Morgan fingerprint density at radius 2 is 1.96 bits per heavy atom. The molecular weight excluding hydrogens is 294 g/mol. The number of carboxylic acids is 1. The number of allylic oxidation sites excluding steroid dienone is 2. The van der Waals surface area contributed by atoms with Crippen LogP contribution in [0, 0.1) is 17.8 Å². The van der Waals surface area contributed by atoms with Gasteiger partial charge >= 0.3 is 5.97 Å². The van der Waals surface area contributed by atoms with Gasteiger partial charge in [-0.15, -0.1) is 0 Å². The molecule has 0 heterocycles. The molecule has 3 N–H and O–H groups in total. The molecule has 5 nitrogen and oxygen atoms in total. The first-order valence-electron chi connectivity index (χ1n) is 8.75. The highest BCUT2D eigenvalue weighted by molar-refractivity contribution is 5.83. The van der Waals surface area contributed by atoms with E-state index >= 15 is 0 Å². The van der Waals surface area contributed by atoms with Crippen LogP contribution in [-0.4, -0.2) is 34.2 Å². The van der Waals surface area contributed by atoms with E-state index in [1.165, 1.54) is 0 Å². The Balaban J connectivity index is 2.60. The summed E-state index contributed by atoms with van der Waals surface area (Å²) in [5.74, 6) is -1.09. The number of amides is 1. The summed E-state index contributed by atoms with van der Waals surface area (Å²) in [4.78, 5) is 23.5. The minimum Gasteiger partial charge on any atom is -0.480 e. The van der Waals surface area contributed by atoms with Crippen LogP contribution < -0.4 is 5.32 Å². The van der Waals surface area contributed by atoms with Gasteiger partial charge in [0.1, 0.15) is 6.04 Å². The van der Waals surface area contributed by atoms with Crippen molar-refractivity contribution in [1.82, 2.24) is 5.32 Å². The monoisotopic (exact) mass is 325 g/mol. The van der Waals surface area contributed by atoms with Crippen LogP contribution in [0.1, 0.15) is 59.3 Å². The molecule has 1 amide bonds. The third-order valence-corrected chi connectivity index (χ3v) is 4.99. The summed E-state index contributed by atoms with van der Waals surface area (Å²) in [6, 6.07) is -0.836. The number of hydrogen-bond acceptors (Lipinski definition) is 3. The second-order valence-electron chi connectivity index (χ2n) is 6.66. The van der Waals surface area contributed by atoms with E-state index in [-0.39, 0.29) is 29.8 Å². The number of nitrogens with one attached hydrogen (secondary N) is 1. The standard InChI is InChI=1S/C18H31NO4/c1-4-6-7-8-14-13(9-10-15(14)20)11-16(21)19-17(18(22)23)12(3)5-2/h6-7,12-15,17,20H,4-5,8-11H2,1-3H3,(H,19,21)(H,22,23)/b7-6-/t12-,13-,14-,15+,17-/m0/s1. The van der Waals surface area contributed by atoms with Gasteiger partial charge in [0.05, 0.1) is 6.10 Å². The van der Waals surface area contributed by atoms with Crippen molar-refractivity contribution in [2.24, 2.45) is 17.8 Å². The smallest absolute Gasteiger partial charge is 0.326 e. The van der Waals surface area contributed by atoms with Crippen molar-refractivity contribution < 1.29 is 19.8 Å². The van der Waals surface area contributed by atoms with Crippen molar-refractivity contribution in [3.05, 3.63) is 12.2 Å². The molecule has 0 spiro atoms. The lowest BCUT2D eigenvalue weighted by atomic mass is 9.88. The number of rotatable bonds is 9. The fourth-order valence-electron chi connectivity index (χ4n) is 3.30. The van der Waals surface area contributed by atoms with Gasteiger partial charge in [-0.3, -0.25) is 4.79 Å². The molecule has 0 aromatic carbocycles. The van der Waals surface area contributed by atoms with Crippen molar-refractivity contribution in [2.45, 2.75) is 71.4 Å². The Labute approximate surface area is 139 Å². The van der Waals surface area contributed by atoms with E-state index in [0.717, 1.165) is 25.7 Å². The lowest BCUT2D eigenvalue weighted by Gasteiger charge is -2.23. The van der Waals surface area contributed by atoms with E-state index in [1.807, 2.05) is 13.8 Å². The summed E-state index contributed by atoms with van der Waals surface area (Å²) in [5, 5.41) is 22.0. The number of hydrogen-bond donors (Lipinski definition) is 3. The van der Waals surface area contributed by atoms with Gasteiger partial charge < -0.3 is 15.5 Å². The molecule has 5 atom stereocenters. The number of carboxylic acid groups (broad SMARTS) is 1. The van der Waals surface area contributed by atoms with Crippen molar-refractivity contribution in [3.63, 3.8) is 0 Å². The Morgan fingerprint density at radius 3 is 2.52 bits per heavy atom. The molecule has 1 fully saturated rings. The SMILES string of the molecule is CC/C=C\C[C@H]1[C@H](CC(=O)N[C@H](C(=O)O)[C@@H](C)CC)CC[C@H]1O. The van der Waals surface area contributed by atoms with Crippen LogP contribution in [0.25, 0.3) is 0 Å². The number of aliphatic hydroxyl groups excluding tert-OH is 1. The van der Waals surface area contributed by atoms with Gasteiger partial charge in [0.25, 0.3) is 0 Å². The second kappa shape index (κ2) is 9.71. The quantitative estimate of drug-likeness (QED) is 0.569. The summed E-state index contributed by atoms with van der Waals surface area (Å²) in [7, 11) is 0. The normalized spacial score (nSPS) is 27.0. The van der Waals surface area contributed by atoms with E-state index in [0.29, 0.717) is 12.8 Å². The zero-order chi connectivity index (χ0) is 17.4. The molecule has 0 aromatic heterocycles. The van der Waals surface area contributed by atoms with Gasteiger partial charge in [0.15, 0.2) is 0 Å². The van der Waals surface area contributed by atoms with Crippen LogP contribution >= 0.6 is 0 Å². The van der Waals surface area contributed by atoms with Gasteiger partial charge in [-0.1, -0.05) is 39.3 Å². The summed E-state index contributed by atoms with van der Waals surface area (Å²) in [6.07, 6.45) is 8.06. The Hall–Kier alpha value is -1.36. The third kappa shape index (κ3) is 5.98.